The Morgan fingerprint density at radius 3 is 2.75 bits per heavy atom. The average Bonchev–Trinajstić information content (AvgIpc) is 3.18. The second-order valence-corrected chi connectivity index (χ2v) is 10.1. The van der Waals surface area contributed by atoms with Crippen molar-refractivity contribution in [1.82, 2.24) is 9.62 Å². The topological polar surface area (TPSA) is 75.7 Å². The predicted molar refractivity (Wildman–Crippen MR) is 108 cm³/mol. The zero-order valence-corrected chi connectivity index (χ0v) is 17.2. The maximum absolute atomic E-state index is 13.1. The number of nitrogens with one attached hydrogen (secondary N) is 1. The number of hydrogen-bond acceptors (Lipinski definition) is 5. The summed E-state index contributed by atoms with van der Waals surface area (Å²) in [5, 5.41) is 2.00. The number of carbonyl (C=O) groups excluding carboxylic acids is 1. The van der Waals surface area contributed by atoms with E-state index in [1.807, 2.05) is 22.4 Å². The van der Waals surface area contributed by atoms with Crippen LogP contribution in [0.1, 0.15) is 40.9 Å². The van der Waals surface area contributed by atoms with Crippen molar-refractivity contribution in [3.05, 3.63) is 52.2 Å². The van der Waals surface area contributed by atoms with Crippen molar-refractivity contribution in [1.29, 1.82) is 0 Å². The SMILES string of the molecule is O=C(c1cccc(S(=O)(=O)NCC2CCCO2)c1)N(Cc1cccs1)C1CC1. The van der Waals surface area contributed by atoms with Gasteiger partial charge >= 0.3 is 0 Å². The van der Waals surface area contributed by atoms with Crippen molar-refractivity contribution in [3.63, 3.8) is 0 Å². The van der Waals surface area contributed by atoms with E-state index in [0.29, 0.717) is 18.7 Å². The van der Waals surface area contributed by atoms with Crippen LogP contribution in [0, 0.1) is 0 Å². The monoisotopic (exact) mass is 420 g/mol. The van der Waals surface area contributed by atoms with Gasteiger partial charge in [-0.1, -0.05) is 12.1 Å². The molecule has 150 valence electrons. The Morgan fingerprint density at radius 2 is 2.07 bits per heavy atom. The Balaban J connectivity index is 1.49. The minimum Gasteiger partial charge on any atom is -0.377 e. The molecule has 1 aliphatic heterocycles. The molecule has 0 radical (unpaired) electrons. The Hall–Kier alpha value is -1.74. The van der Waals surface area contributed by atoms with E-state index < -0.39 is 10.0 Å². The van der Waals surface area contributed by atoms with Gasteiger partial charge in [0.2, 0.25) is 10.0 Å². The molecule has 1 aliphatic carbocycles. The number of rotatable bonds is 8. The molecule has 8 heteroatoms. The van der Waals surface area contributed by atoms with Gasteiger partial charge in [0.25, 0.3) is 5.91 Å². The van der Waals surface area contributed by atoms with Gasteiger partial charge < -0.3 is 9.64 Å². The highest BCUT2D eigenvalue weighted by Crippen LogP contribution is 2.31. The highest BCUT2D eigenvalue weighted by atomic mass is 32.2. The fourth-order valence-corrected chi connectivity index (χ4v) is 5.19. The van der Waals surface area contributed by atoms with Crippen molar-refractivity contribution in [2.45, 2.75) is 49.3 Å². The molecule has 28 heavy (non-hydrogen) atoms. The molecule has 0 bridgehead atoms. The van der Waals surface area contributed by atoms with E-state index >= 15 is 0 Å². The first-order chi connectivity index (χ1) is 13.5. The number of ether oxygens (including phenoxy) is 1. The number of hydrogen-bond donors (Lipinski definition) is 1. The molecule has 2 fully saturated rings. The Morgan fingerprint density at radius 1 is 1.21 bits per heavy atom. The minimum atomic E-state index is -3.68. The van der Waals surface area contributed by atoms with E-state index in [2.05, 4.69) is 4.72 Å². The number of thiophene rings is 1. The molecular weight excluding hydrogens is 396 g/mol. The Kier molecular flexibility index (Phi) is 5.82. The molecule has 1 atom stereocenters. The first kappa shape index (κ1) is 19.6. The molecular formula is C20H24N2O4S2. The van der Waals surface area contributed by atoms with Crippen molar-refractivity contribution in [2.75, 3.05) is 13.2 Å². The van der Waals surface area contributed by atoms with E-state index in [0.717, 1.165) is 30.6 Å². The maximum atomic E-state index is 13.1. The maximum Gasteiger partial charge on any atom is 0.254 e. The van der Waals surface area contributed by atoms with Gasteiger partial charge in [-0.05, 0) is 55.3 Å². The van der Waals surface area contributed by atoms with E-state index in [4.69, 9.17) is 4.74 Å². The van der Waals surface area contributed by atoms with Crippen LogP contribution in [0.25, 0.3) is 0 Å². The van der Waals surface area contributed by atoms with Crippen molar-refractivity contribution < 1.29 is 17.9 Å². The minimum absolute atomic E-state index is 0.0734. The van der Waals surface area contributed by atoms with Crippen LogP contribution in [0.5, 0.6) is 0 Å². The average molecular weight is 421 g/mol. The number of amides is 1. The molecule has 1 aromatic heterocycles. The summed E-state index contributed by atoms with van der Waals surface area (Å²) in [5.41, 5.74) is 0.406. The van der Waals surface area contributed by atoms with Gasteiger partial charge in [-0.25, -0.2) is 13.1 Å². The van der Waals surface area contributed by atoms with Crippen molar-refractivity contribution in [2.24, 2.45) is 0 Å². The van der Waals surface area contributed by atoms with Crippen LogP contribution in [0.3, 0.4) is 0 Å². The summed E-state index contributed by atoms with van der Waals surface area (Å²) in [6.07, 6.45) is 3.74. The zero-order valence-electron chi connectivity index (χ0n) is 15.5. The van der Waals surface area contributed by atoms with Gasteiger partial charge in [0.1, 0.15) is 0 Å². The molecule has 1 saturated carbocycles. The van der Waals surface area contributed by atoms with E-state index in [1.165, 1.54) is 12.1 Å². The van der Waals surface area contributed by atoms with Crippen LogP contribution in [0.4, 0.5) is 0 Å². The third-order valence-electron chi connectivity index (χ3n) is 5.07. The fourth-order valence-electron chi connectivity index (χ4n) is 3.38. The molecule has 1 N–H and O–H groups in total. The third kappa shape index (κ3) is 4.63. The van der Waals surface area contributed by atoms with Gasteiger partial charge in [0, 0.05) is 29.6 Å². The molecule has 1 unspecified atom stereocenters. The van der Waals surface area contributed by atoms with Gasteiger partial charge in [-0.15, -0.1) is 11.3 Å². The summed E-state index contributed by atoms with van der Waals surface area (Å²) in [7, 11) is -3.68. The summed E-state index contributed by atoms with van der Waals surface area (Å²) >= 11 is 1.62. The normalized spacial score (nSPS) is 19.6. The molecule has 4 rings (SSSR count). The standard InChI is InChI=1S/C20H24N2O4S2/c23-20(22(16-8-9-16)14-18-6-3-11-27-18)15-4-1-7-19(12-15)28(24,25)21-13-17-5-2-10-26-17/h1,3-4,6-7,11-12,16-17,21H,2,5,8-10,13-14H2. The second-order valence-electron chi connectivity index (χ2n) is 7.26. The second kappa shape index (κ2) is 8.32. The number of nitrogens with zero attached hydrogens (tertiary/aromatic N) is 1. The van der Waals surface area contributed by atoms with E-state index in [9.17, 15) is 13.2 Å². The summed E-state index contributed by atoms with van der Waals surface area (Å²) in [5.74, 6) is -0.118. The third-order valence-corrected chi connectivity index (χ3v) is 7.35. The lowest BCUT2D eigenvalue weighted by atomic mass is 10.2. The smallest absolute Gasteiger partial charge is 0.254 e. The van der Waals surface area contributed by atoms with Gasteiger partial charge in [-0.3, -0.25) is 4.79 Å². The van der Waals surface area contributed by atoms with E-state index in [-0.39, 0.29) is 29.5 Å². The summed E-state index contributed by atoms with van der Waals surface area (Å²) < 4.78 is 33.4. The first-order valence-corrected chi connectivity index (χ1v) is 11.9. The van der Waals surface area contributed by atoms with Crippen LogP contribution >= 0.6 is 11.3 Å². The lowest BCUT2D eigenvalue weighted by Gasteiger charge is -2.22. The van der Waals surface area contributed by atoms with Crippen molar-refractivity contribution in [3.8, 4) is 0 Å². The lowest BCUT2D eigenvalue weighted by Crippen LogP contribution is -2.33. The molecule has 2 heterocycles. The van der Waals surface area contributed by atoms with Crippen LogP contribution in [-0.2, 0) is 21.3 Å². The molecule has 1 saturated heterocycles. The van der Waals surface area contributed by atoms with Gasteiger partial charge in [-0.2, -0.15) is 0 Å². The number of benzene rings is 1. The Labute approximate surface area is 169 Å². The molecule has 6 nitrogen and oxygen atoms in total. The van der Waals surface area contributed by atoms with Crippen LogP contribution in [-0.4, -0.2) is 44.5 Å². The van der Waals surface area contributed by atoms with Gasteiger partial charge in [0.05, 0.1) is 17.5 Å². The summed E-state index contributed by atoms with van der Waals surface area (Å²) in [4.78, 5) is 16.2. The predicted octanol–water partition coefficient (Wildman–Crippen LogP) is 3.01. The highest BCUT2D eigenvalue weighted by molar-refractivity contribution is 7.89. The van der Waals surface area contributed by atoms with Gasteiger partial charge in [0.15, 0.2) is 0 Å². The van der Waals surface area contributed by atoms with Crippen LogP contribution < -0.4 is 4.72 Å². The molecule has 1 amide bonds. The molecule has 2 aromatic rings. The lowest BCUT2D eigenvalue weighted by molar-refractivity contribution is 0.0731. The van der Waals surface area contributed by atoms with Crippen LogP contribution in [0.15, 0.2) is 46.7 Å². The number of sulfonamides is 1. The quantitative estimate of drug-likeness (QED) is 0.712. The fraction of sp³-hybridized carbons (Fsp3) is 0.450. The first-order valence-electron chi connectivity index (χ1n) is 9.57. The van der Waals surface area contributed by atoms with E-state index in [1.54, 1.807) is 23.5 Å². The highest BCUT2D eigenvalue weighted by Gasteiger charge is 2.33. The largest absolute Gasteiger partial charge is 0.377 e. The van der Waals surface area contributed by atoms with Crippen molar-refractivity contribution >= 4 is 27.3 Å². The zero-order chi connectivity index (χ0) is 19.6. The molecule has 2 aliphatic rings. The Bertz CT molecular complexity index is 917. The summed E-state index contributed by atoms with van der Waals surface area (Å²) in [6.45, 7) is 1.50. The van der Waals surface area contributed by atoms with Crippen LogP contribution in [0.2, 0.25) is 0 Å². The summed E-state index contributed by atoms with van der Waals surface area (Å²) in [6, 6.07) is 10.5. The molecule has 0 spiro atoms. The number of carbonyl (C=O) groups is 1. The molecule has 1 aromatic carbocycles.